The zero-order chi connectivity index (χ0) is 13.2. The van der Waals surface area contributed by atoms with Gasteiger partial charge in [-0.3, -0.25) is 4.40 Å². The van der Waals surface area contributed by atoms with Crippen LogP contribution in [0.2, 0.25) is 0 Å². The molecular formula is C13H15N3O2S. The summed E-state index contributed by atoms with van der Waals surface area (Å²) in [5, 5.41) is 8.47. The van der Waals surface area contributed by atoms with Crippen LogP contribution in [0, 0.1) is 0 Å². The lowest BCUT2D eigenvalue weighted by atomic mass is 10.0. The second kappa shape index (κ2) is 5.21. The second-order valence-electron chi connectivity index (χ2n) is 4.58. The summed E-state index contributed by atoms with van der Waals surface area (Å²) in [6.45, 7) is 0. The summed E-state index contributed by atoms with van der Waals surface area (Å²) >= 11 is 1.98. The van der Waals surface area contributed by atoms with Crippen LogP contribution in [0.4, 0.5) is 0 Å². The summed E-state index contributed by atoms with van der Waals surface area (Å²) in [5.74, 6) is 3.39. The zero-order valence-corrected chi connectivity index (χ0v) is 11.5. The minimum atomic E-state index is -0.333. The van der Waals surface area contributed by atoms with Gasteiger partial charge in [0.1, 0.15) is 5.82 Å². The molecular weight excluding hydrogens is 262 g/mol. The number of rotatable bonds is 2. The molecule has 0 saturated carbocycles. The number of fused-ring (bicyclic) bond motifs is 1. The molecule has 0 bridgehead atoms. The second-order valence-corrected chi connectivity index (χ2v) is 5.81. The smallest absolute Gasteiger partial charge is 0.339 e. The van der Waals surface area contributed by atoms with E-state index in [4.69, 9.17) is 4.74 Å². The van der Waals surface area contributed by atoms with Crippen molar-refractivity contribution in [3.8, 4) is 0 Å². The maximum absolute atomic E-state index is 11.6. The van der Waals surface area contributed by atoms with Crippen molar-refractivity contribution in [1.82, 2.24) is 14.6 Å². The van der Waals surface area contributed by atoms with Crippen molar-refractivity contribution in [2.75, 3.05) is 18.6 Å². The van der Waals surface area contributed by atoms with Gasteiger partial charge in [0, 0.05) is 12.1 Å². The highest BCUT2D eigenvalue weighted by molar-refractivity contribution is 7.99. The molecule has 19 heavy (non-hydrogen) atoms. The molecule has 5 nitrogen and oxygen atoms in total. The van der Waals surface area contributed by atoms with Crippen molar-refractivity contribution < 1.29 is 9.53 Å². The molecule has 0 aliphatic carbocycles. The van der Waals surface area contributed by atoms with Crippen molar-refractivity contribution in [2.45, 2.75) is 18.8 Å². The predicted octanol–water partition coefficient (Wildman–Crippen LogP) is 2.13. The zero-order valence-electron chi connectivity index (χ0n) is 10.7. The molecule has 1 fully saturated rings. The van der Waals surface area contributed by atoms with E-state index in [2.05, 4.69) is 10.2 Å². The Hall–Kier alpha value is -1.56. The van der Waals surface area contributed by atoms with Gasteiger partial charge in [-0.2, -0.15) is 11.8 Å². The highest BCUT2D eigenvalue weighted by Gasteiger charge is 2.21. The fourth-order valence-electron chi connectivity index (χ4n) is 2.38. The van der Waals surface area contributed by atoms with Gasteiger partial charge in [0.15, 0.2) is 5.65 Å². The molecule has 0 amide bonds. The van der Waals surface area contributed by atoms with Crippen molar-refractivity contribution >= 4 is 23.4 Å². The van der Waals surface area contributed by atoms with Crippen LogP contribution in [-0.2, 0) is 4.74 Å². The van der Waals surface area contributed by atoms with Crippen LogP contribution in [0.3, 0.4) is 0 Å². The molecule has 0 aromatic carbocycles. The van der Waals surface area contributed by atoms with E-state index < -0.39 is 0 Å². The van der Waals surface area contributed by atoms with Crippen molar-refractivity contribution in [3.63, 3.8) is 0 Å². The summed E-state index contributed by atoms with van der Waals surface area (Å²) < 4.78 is 6.67. The number of hydrogen-bond acceptors (Lipinski definition) is 5. The van der Waals surface area contributed by atoms with E-state index >= 15 is 0 Å². The van der Waals surface area contributed by atoms with Crippen LogP contribution in [0.15, 0.2) is 18.3 Å². The third-order valence-corrected chi connectivity index (χ3v) is 4.49. The number of ether oxygens (including phenoxy) is 1. The molecule has 0 atom stereocenters. The highest BCUT2D eigenvalue weighted by Crippen LogP contribution is 2.30. The lowest BCUT2D eigenvalue weighted by molar-refractivity contribution is 0.0600. The van der Waals surface area contributed by atoms with Crippen LogP contribution in [0.1, 0.15) is 34.9 Å². The molecule has 2 aromatic rings. The van der Waals surface area contributed by atoms with Gasteiger partial charge in [0.25, 0.3) is 0 Å². The lowest BCUT2D eigenvalue weighted by Crippen LogP contribution is -2.12. The van der Waals surface area contributed by atoms with Gasteiger partial charge in [-0.25, -0.2) is 4.79 Å². The SMILES string of the molecule is COC(=O)c1ccc2nnc(C3CCSCC3)n2c1. The predicted molar refractivity (Wildman–Crippen MR) is 73.6 cm³/mol. The van der Waals surface area contributed by atoms with Gasteiger partial charge in [-0.05, 0) is 36.5 Å². The Morgan fingerprint density at radius 1 is 1.37 bits per heavy atom. The fourth-order valence-corrected chi connectivity index (χ4v) is 3.49. The van der Waals surface area contributed by atoms with Crippen LogP contribution in [0.5, 0.6) is 0 Å². The molecule has 1 saturated heterocycles. The average molecular weight is 277 g/mol. The Morgan fingerprint density at radius 2 is 2.16 bits per heavy atom. The summed E-state index contributed by atoms with van der Waals surface area (Å²) in [6, 6.07) is 3.52. The quantitative estimate of drug-likeness (QED) is 0.787. The fraction of sp³-hybridized carbons (Fsp3) is 0.462. The molecule has 1 aliphatic rings. The van der Waals surface area contributed by atoms with Crippen LogP contribution in [-0.4, -0.2) is 39.2 Å². The van der Waals surface area contributed by atoms with Gasteiger partial charge >= 0.3 is 5.97 Å². The van der Waals surface area contributed by atoms with Crippen LogP contribution in [0.25, 0.3) is 5.65 Å². The van der Waals surface area contributed by atoms with Crippen LogP contribution >= 0.6 is 11.8 Å². The molecule has 0 N–H and O–H groups in total. The summed E-state index contributed by atoms with van der Waals surface area (Å²) in [5.41, 5.74) is 1.31. The topological polar surface area (TPSA) is 56.5 Å². The number of carbonyl (C=O) groups excluding carboxylic acids is 1. The summed E-state index contributed by atoms with van der Waals surface area (Å²) in [6.07, 6.45) is 4.01. The van der Waals surface area contributed by atoms with Crippen molar-refractivity contribution in [3.05, 3.63) is 29.7 Å². The number of pyridine rings is 1. The Labute approximate surface area is 115 Å². The Kier molecular flexibility index (Phi) is 3.42. The first-order chi connectivity index (χ1) is 9.29. The number of nitrogens with zero attached hydrogens (tertiary/aromatic N) is 3. The number of carbonyl (C=O) groups is 1. The number of aromatic nitrogens is 3. The molecule has 6 heteroatoms. The standard InChI is InChI=1S/C13H15N3O2S/c1-18-13(17)10-2-3-11-14-15-12(16(11)8-10)9-4-6-19-7-5-9/h2-3,8-9H,4-7H2,1H3. The normalized spacial score (nSPS) is 16.7. The van der Waals surface area contributed by atoms with E-state index in [1.165, 1.54) is 7.11 Å². The van der Waals surface area contributed by atoms with Gasteiger partial charge < -0.3 is 4.74 Å². The minimum absolute atomic E-state index is 0.333. The molecule has 1 aliphatic heterocycles. The Morgan fingerprint density at radius 3 is 2.89 bits per heavy atom. The Balaban J connectivity index is 2.02. The molecule has 3 heterocycles. The maximum Gasteiger partial charge on any atom is 0.339 e. The first-order valence-corrected chi connectivity index (χ1v) is 7.46. The monoisotopic (exact) mass is 277 g/mol. The van der Waals surface area contributed by atoms with Crippen LogP contribution < -0.4 is 0 Å². The van der Waals surface area contributed by atoms with Gasteiger partial charge in [0.2, 0.25) is 0 Å². The number of methoxy groups -OCH3 is 1. The number of hydrogen-bond donors (Lipinski definition) is 0. The lowest BCUT2D eigenvalue weighted by Gasteiger charge is -2.19. The first-order valence-electron chi connectivity index (χ1n) is 6.30. The summed E-state index contributed by atoms with van der Waals surface area (Å²) in [4.78, 5) is 11.6. The van der Waals surface area contributed by atoms with Crippen molar-refractivity contribution in [2.24, 2.45) is 0 Å². The molecule has 0 spiro atoms. The molecule has 100 valence electrons. The van der Waals surface area contributed by atoms with Crippen molar-refractivity contribution in [1.29, 1.82) is 0 Å². The number of esters is 1. The van der Waals surface area contributed by atoms with E-state index in [0.717, 1.165) is 35.8 Å². The van der Waals surface area contributed by atoms with Gasteiger partial charge in [-0.1, -0.05) is 0 Å². The van der Waals surface area contributed by atoms with E-state index in [1.807, 2.05) is 16.2 Å². The molecule has 0 unspecified atom stereocenters. The first kappa shape index (κ1) is 12.5. The van der Waals surface area contributed by atoms with E-state index in [-0.39, 0.29) is 5.97 Å². The maximum atomic E-state index is 11.6. The van der Waals surface area contributed by atoms with Gasteiger partial charge in [-0.15, -0.1) is 10.2 Å². The number of thioether (sulfide) groups is 1. The Bertz CT molecular complexity index is 605. The van der Waals surface area contributed by atoms with E-state index in [9.17, 15) is 4.79 Å². The van der Waals surface area contributed by atoms with E-state index in [0.29, 0.717) is 11.5 Å². The largest absolute Gasteiger partial charge is 0.465 e. The molecule has 2 aromatic heterocycles. The molecule has 0 radical (unpaired) electrons. The molecule has 3 rings (SSSR count). The van der Waals surface area contributed by atoms with E-state index in [1.54, 1.807) is 18.3 Å². The summed E-state index contributed by atoms with van der Waals surface area (Å²) in [7, 11) is 1.39. The van der Waals surface area contributed by atoms with Gasteiger partial charge in [0.05, 0.1) is 12.7 Å². The average Bonchev–Trinajstić information content (AvgIpc) is 2.90. The minimum Gasteiger partial charge on any atom is -0.465 e. The highest BCUT2D eigenvalue weighted by atomic mass is 32.2. The third kappa shape index (κ3) is 2.32. The third-order valence-electron chi connectivity index (χ3n) is 3.44.